The van der Waals surface area contributed by atoms with E-state index >= 15 is 0 Å². The summed E-state index contributed by atoms with van der Waals surface area (Å²) < 4.78 is 0. The van der Waals surface area contributed by atoms with Crippen LogP contribution < -0.4 is 10.8 Å². The van der Waals surface area contributed by atoms with Crippen LogP contribution in [0.15, 0.2) is 42.5 Å². The Balaban J connectivity index is 1.45. The van der Waals surface area contributed by atoms with Crippen LogP contribution in [0.2, 0.25) is 5.02 Å². The predicted octanol–water partition coefficient (Wildman–Crippen LogP) is 3.73. The van der Waals surface area contributed by atoms with Crippen molar-refractivity contribution in [1.82, 2.24) is 10.2 Å². The van der Waals surface area contributed by atoms with Gasteiger partial charge in [-0.1, -0.05) is 35.9 Å². The van der Waals surface area contributed by atoms with Crippen molar-refractivity contribution in [3.8, 4) is 0 Å². The van der Waals surface area contributed by atoms with Crippen LogP contribution in [-0.4, -0.2) is 37.6 Å². The maximum Gasteiger partial charge on any atom is 0.236 e. The molecule has 1 aliphatic rings. The summed E-state index contributed by atoms with van der Waals surface area (Å²) in [7, 11) is 1.85. The number of carbonyl (C=O) groups is 1. The zero-order valence-corrected chi connectivity index (χ0v) is 16.6. The third-order valence-corrected chi connectivity index (χ3v) is 5.24. The van der Waals surface area contributed by atoms with E-state index in [0.717, 1.165) is 23.2 Å². The number of para-hydroxylation sites is 1. The molecule has 6 heteroatoms. The van der Waals surface area contributed by atoms with E-state index in [2.05, 4.69) is 16.9 Å². The quantitative estimate of drug-likeness (QED) is 0.760. The minimum absolute atomic E-state index is 0.0813. The van der Waals surface area contributed by atoms with Gasteiger partial charge in [0.15, 0.2) is 0 Å². The Morgan fingerprint density at radius 3 is 3.00 bits per heavy atom. The number of halogens is 1. The molecule has 0 aromatic heterocycles. The van der Waals surface area contributed by atoms with Crippen molar-refractivity contribution in [1.29, 1.82) is 0 Å². The monoisotopic (exact) mass is 387 g/mol. The van der Waals surface area contributed by atoms with Crippen molar-refractivity contribution in [2.75, 3.05) is 32.2 Å². The lowest BCUT2D eigenvalue weighted by molar-refractivity contribution is -0.129. The second-order valence-electron chi connectivity index (χ2n) is 6.98. The Kier molecular flexibility index (Phi) is 6.72. The largest absolute Gasteiger partial charge is 0.345 e. The highest BCUT2D eigenvalue weighted by molar-refractivity contribution is 6.30. The normalized spacial score (nSPS) is 15.7. The predicted molar refractivity (Wildman–Crippen MR) is 109 cm³/mol. The average molecular weight is 388 g/mol. The maximum atomic E-state index is 12.4. The molecule has 1 aliphatic heterocycles. The fraction of sp³-hybridized carbons (Fsp3) is 0.381. The first kappa shape index (κ1) is 19.7. The topological polar surface area (TPSA) is 53.6 Å². The highest BCUT2D eigenvalue weighted by Crippen LogP contribution is 2.31. The Bertz CT molecular complexity index is 797. The van der Waals surface area contributed by atoms with Gasteiger partial charge in [0.2, 0.25) is 5.91 Å². The summed E-state index contributed by atoms with van der Waals surface area (Å²) in [5, 5.41) is 3.93. The molecule has 1 amide bonds. The molecular weight excluding hydrogens is 362 g/mol. The summed E-state index contributed by atoms with van der Waals surface area (Å²) >= 11 is 6.04. The molecule has 0 spiro atoms. The number of likely N-dealkylation sites (N-methyl/N-ethyl adjacent to an activating group) is 1. The molecule has 2 N–H and O–H groups in total. The lowest BCUT2D eigenvalue weighted by Crippen LogP contribution is -2.37. The first-order chi connectivity index (χ1) is 13.0. The van der Waals surface area contributed by atoms with Gasteiger partial charge in [0.1, 0.15) is 0 Å². The minimum Gasteiger partial charge on any atom is -0.345 e. The van der Waals surface area contributed by atoms with Crippen LogP contribution in [0, 0.1) is 6.92 Å². The van der Waals surface area contributed by atoms with Gasteiger partial charge in [-0.3, -0.25) is 15.1 Å². The molecule has 0 bridgehead atoms. The molecule has 1 heterocycles. The smallest absolute Gasteiger partial charge is 0.236 e. The maximum absolute atomic E-state index is 12.4. The highest BCUT2D eigenvalue weighted by Gasteiger charge is 2.21. The average Bonchev–Trinajstić information content (AvgIpc) is 2.68. The van der Waals surface area contributed by atoms with E-state index in [9.17, 15) is 4.79 Å². The van der Waals surface area contributed by atoms with Gasteiger partial charge in [-0.2, -0.15) is 0 Å². The van der Waals surface area contributed by atoms with E-state index in [1.165, 1.54) is 5.56 Å². The molecule has 0 fully saturated rings. The van der Waals surface area contributed by atoms with Gasteiger partial charge >= 0.3 is 0 Å². The number of nitrogens with zero attached hydrogens (tertiary/aromatic N) is 1. The van der Waals surface area contributed by atoms with E-state index in [-0.39, 0.29) is 5.91 Å². The Morgan fingerprint density at radius 1 is 1.33 bits per heavy atom. The SMILES string of the molecule is Cc1ccc(Cl)cc1CNCC(=O)N(C)CCC1CONc2ccccc21. The van der Waals surface area contributed by atoms with Gasteiger partial charge in [-0.25, -0.2) is 0 Å². The molecule has 1 atom stereocenters. The second kappa shape index (κ2) is 9.22. The first-order valence-electron chi connectivity index (χ1n) is 9.21. The third-order valence-electron chi connectivity index (χ3n) is 5.01. The zero-order valence-electron chi connectivity index (χ0n) is 15.8. The number of carbonyl (C=O) groups excluding carboxylic acids is 1. The van der Waals surface area contributed by atoms with Crippen LogP contribution in [0.4, 0.5) is 5.69 Å². The van der Waals surface area contributed by atoms with E-state index < -0.39 is 0 Å². The molecule has 0 saturated heterocycles. The fourth-order valence-corrected chi connectivity index (χ4v) is 3.43. The van der Waals surface area contributed by atoms with Crippen LogP contribution in [-0.2, 0) is 16.2 Å². The van der Waals surface area contributed by atoms with E-state index in [4.69, 9.17) is 16.4 Å². The number of anilines is 1. The summed E-state index contributed by atoms with van der Waals surface area (Å²) in [5.41, 5.74) is 7.50. The molecule has 144 valence electrons. The molecule has 0 radical (unpaired) electrons. The van der Waals surface area contributed by atoms with Crippen LogP contribution >= 0.6 is 11.6 Å². The molecule has 2 aromatic rings. The van der Waals surface area contributed by atoms with E-state index in [1.807, 2.05) is 50.4 Å². The summed E-state index contributed by atoms with van der Waals surface area (Å²) in [4.78, 5) is 19.6. The van der Waals surface area contributed by atoms with Gasteiger partial charge in [-0.05, 0) is 48.2 Å². The van der Waals surface area contributed by atoms with Crippen LogP contribution in [0.5, 0.6) is 0 Å². The molecule has 0 saturated carbocycles. The number of hydrogen-bond acceptors (Lipinski definition) is 4. The Hall–Kier alpha value is -2.08. The lowest BCUT2D eigenvalue weighted by Gasteiger charge is -2.28. The van der Waals surface area contributed by atoms with Gasteiger partial charge in [0.25, 0.3) is 0 Å². The second-order valence-corrected chi connectivity index (χ2v) is 7.41. The van der Waals surface area contributed by atoms with Crippen molar-refractivity contribution in [2.24, 2.45) is 0 Å². The summed E-state index contributed by atoms with van der Waals surface area (Å²) in [6.45, 7) is 4.29. The summed E-state index contributed by atoms with van der Waals surface area (Å²) in [6.07, 6.45) is 0.869. The number of amides is 1. The molecule has 0 aliphatic carbocycles. The van der Waals surface area contributed by atoms with Crippen LogP contribution in [0.3, 0.4) is 0 Å². The molecule has 2 aromatic carbocycles. The van der Waals surface area contributed by atoms with Gasteiger partial charge in [0, 0.05) is 31.1 Å². The van der Waals surface area contributed by atoms with Crippen molar-refractivity contribution in [2.45, 2.75) is 25.8 Å². The molecule has 5 nitrogen and oxygen atoms in total. The van der Waals surface area contributed by atoms with E-state index in [1.54, 1.807) is 4.90 Å². The fourth-order valence-electron chi connectivity index (χ4n) is 3.24. The third kappa shape index (κ3) is 5.22. The molecular formula is C21H26ClN3O2. The molecule has 1 unspecified atom stereocenters. The van der Waals surface area contributed by atoms with Gasteiger partial charge in [0.05, 0.1) is 18.8 Å². The van der Waals surface area contributed by atoms with Crippen molar-refractivity contribution in [3.05, 3.63) is 64.2 Å². The molecule has 27 heavy (non-hydrogen) atoms. The van der Waals surface area contributed by atoms with Crippen LogP contribution in [0.1, 0.15) is 29.0 Å². The number of fused-ring (bicyclic) bond motifs is 1. The highest BCUT2D eigenvalue weighted by atomic mass is 35.5. The van der Waals surface area contributed by atoms with Gasteiger partial charge < -0.3 is 10.2 Å². The van der Waals surface area contributed by atoms with E-state index in [0.29, 0.717) is 37.2 Å². The number of nitrogens with one attached hydrogen (secondary N) is 2. The minimum atomic E-state index is 0.0813. The van der Waals surface area contributed by atoms with Crippen molar-refractivity contribution in [3.63, 3.8) is 0 Å². The number of rotatable bonds is 7. The number of benzene rings is 2. The lowest BCUT2D eigenvalue weighted by atomic mass is 9.94. The standard InChI is InChI=1S/C21H26ClN3O2/c1-15-7-8-18(22)11-17(15)12-23-13-21(26)25(2)10-9-16-14-27-24-20-6-4-3-5-19(16)20/h3-8,11,16,23-24H,9-10,12-14H2,1-2H3. The van der Waals surface area contributed by atoms with Crippen molar-refractivity contribution >= 4 is 23.2 Å². The Labute approximate surface area is 165 Å². The summed E-state index contributed by atoms with van der Waals surface area (Å²) in [6, 6.07) is 14.0. The molecule has 3 rings (SSSR count). The van der Waals surface area contributed by atoms with Crippen molar-refractivity contribution < 1.29 is 9.63 Å². The summed E-state index contributed by atoms with van der Waals surface area (Å²) in [5.74, 6) is 0.373. The van der Waals surface area contributed by atoms with Crippen LogP contribution in [0.25, 0.3) is 0 Å². The zero-order chi connectivity index (χ0) is 19.2. The number of aryl methyl sites for hydroxylation is 1. The number of hydrogen-bond donors (Lipinski definition) is 2. The first-order valence-corrected chi connectivity index (χ1v) is 9.59. The Morgan fingerprint density at radius 2 is 2.15 bits per heavy atom. The van der Waals surface area contributed by atoms with Gasteiger partial charge in [-0.15, -0.1) is 0 Å².